The lowest BCUT2D eigenvalue weighted by molar-refractivity contribution is 0.0152. The predicted molar refractivity (Wildman–Crippen MR) is 79.5 cm³/mol. The second-order valence-corrected chi connectivity index (χ2v) is 5.29. The van der Waals surface area contributed by atoms with E-state index in [9.17, 15) is 0 Å². The van der Waals surface area contributed by atoms with Crippen molar-refractivity contribution < 1.29 is 4.74 Å². The molecule has 0 bridgehead atoms. The van der Waals surface area contributed by atoms with Crippen molar-refractivity contribution in [2.75, 3.05) is 7.11 Å². The summed E-state index contributed by atoms with van der Waals surface area (Å²) in [6, 6.07) is 17.2. The van der Waals surface area contributed by atoms with Gasteiger partial charge in [-0.3, -0.25) is 4.98 Å². The van der Waals surface area contributed by atoms with Gasteiger partial charge in [-0.2, -0.15) is 0 Å². The molecule has 1 unspecified atom stereocenters. The topological polar surface area (TPSA) is 34.1 Å². The van der Waals surface area contributed by atoms with Crippen molar-refractivity contribution in [1.82, 2.24) is 10.3 Å². The van der Waals surface area contributed by atoms with Crippen molar-refractivity contribution in [2.45, 2.75) is 31.0 Å². The molecule has 104 valence electrons. The fraction of sp³-hybridized carbons (Fsp3) is 0.353. The van der Waals surface area contributed by atoms with E-state index in [0.29, 0.717) is 12.1 Å². The first-order valence-electron chi connectivity index (χ1n) is 7.11. The zero-order chi connectivity index (χ0) is 13.8. The fourth-order valence-electron chi connectivity index (χ4n) is 2.67. The van der Waals surface area contributed by atoms with Gasteiger partial charge in [-0.1, -0.05) is 36.4 Å². The van der Waals surface area contributed by atoms with Gasteiger partial charge in [-0.25, -0.2) is 0 Å². The van der Waals surface area contributed by atoms with E-state index >= 15 is 0 Å². The largest absolute Gasteiger partial charge is 0.381 e. The van der Waals surface area contributed by atoms with Gasteiger partial charge in [0.1, 0.15) is 0 Å². The number of nitrogens with zero attached hydrogens (tertiary/aromatic N) is 1. The summed E-state index contributed by atoms with van der Waals surface area (Å²) in [5.41, 5.74) is 2.33. The molecule has 0 radical (unpaired) electrons. The van der Waals surface area contributed by atoms with E-state index in [-0.39, 0.29) is 6.04 Å². The second-order valence-electron chi connectivity index (χ2n) is 5.29. The summed E-state index contributed by atoms with van der Waals surface area (Å²) in [6.07, 6.45) is 4.41. The molecular weight excluding hydrogens is 248 g/mol. The van der Waals surface area contributed by atoms with Crippen LogP contribution in [0.15, 0.2) is 54.7 Å². The van der Waals surface area contributed by atoms with E-state index in [4.69, 9.17) is 4.74 Å². The Kier molecular flexibility index (Phi) is 4.09. The summed E-state index contributed by atoms with van der Waals surface area (Å²) in [7, 11) is 1.79. The van der Waals surface area contributed by atoms with Gasteiger partial charge in [0.05, 0.1) is 17.8 Å². The van der Waals surface area contributed by atoms with Gasteiger partial charge < -0.3 is 10.1 Å². The van der Waals surface area contributed by atoms with E-state index in [2.05, 4.69) is 40.6 Å². The lowest BCUT2D eigenvalue weighted by atomic mass is 9.87. The van der Waals surface area contributed by atoms with E-state index < -0.39 is 0 Å². The number of hydrogen-bond donors (Lipinski definition) is 1. The van der Waals surface area contributed by atoms with Gasteiger partial charge in [0.2, 0.25) is 0 Å². The maximum atomic E-state index is 5.35. The van der Waals surface area contributed by atoms with E-state index in [0.717, 1.165) is 18.5 Å². The third-order valence-corrected chi connectivity index (χ3v) is 3.95. The zero-order valence-corrected chi connectivity index (χ0v) is 11.7. The third-order valence-electron chi connectivity index (χ3n) is 3.95. The quantitative estimate of drug-likeness (QED) is 0.905. The van der Waals surface area contributed by atoms with Crippen LogP contribution in [0.5, 0.6) is 0 Å². The van der Waals surface area contributed by atoms with Crippen LogP contribution in [-0.4, -0.2) is 24.2 Å². The Morgan fingerprint density at radius 1 is 1.10 bits per heavy atom. The first kappa shape index (κ1) is 13.3. The number of hydrogen-bond acceptors (Lipinski definition) is 3. The number of pyridine rings is 1. The molecule has 0 spiro atoms. The van der Waals surface area contributed by atoms with Crippen molar-refractivity contribution in [1.29, 1.82) is 0 Å². The Balaban J connectivity index is 1.78. The molecule has 3 heteroatoms. The SMILES string of the molecule is COC1CC(NC(c2ccccc2)c2ccccn2)C1. The van der Waals surface area contributed by atoms with Gasteiger partial charge in [-0.15, -0.1) is 0 Å². The van der Waals surface area contributed by atoms with Crippen LogP contribution < -0.4 is 5.32 Å². The standard InChI is InChI=1S/C17H20N2O/c1-20-15-11-14(12-15)19-17(13-7-3-2-4-8-13)16-9-5-6-10-18-16/h2-10,14-15,17,19H,11-12H2,1H3. The molecule has 1 fully saturated rings. The normalized spacial score (nSPS) is 23.1. The molecule has 1 aliphatic carbocycles. The van der Waals surface area contributed by atoms with Crippen LogP contribution in [0.4, 0.5) is 0 Å². The molecule has 1 atom stereocenters. The second kappa shape index (κ2) is 6.16. The summed E-state index contributed by atoms with van der Waals surface area (Å²) >= 11 is 0. The Hall–Kier alpha value is -1.71. The van der Waals surface area contributed by atoms with Gasteiger partial charge in [0, 0.05) is 19.3 Å². The summed E-state index contributed by atoms with van der Waals surface area (Å²) in [6.45, 7) is 0. The number of nitrogens with one attached hydrogen (secondary N) is 1. The van der Waals surface area contributed by atoms with Crippen molar-refractivity contribution >= 4 is 0 Å². The van der Waals surface area contributed by atoms with Crippen LogP contribution in [-0.2, 0) is 4.74 Å². The molecule has 0 aliphatic heterocycles. The Morgan fingerprint density at radius 3 is 2.50 bits per heavy atom. The molecular formula is C17H20N2O. The smallest absolute Gasteiger partial charge is 0.0753 e. The maximum absolute atomic E-state index is 5.35. The van der Waals surface area contributed by atoms with Crippen molar-refractivity contribution in [2.24, 2.45) is 0 Å². The lowest BCUT2D eigenvalue weighted by Gasteiger charge is -2.37. The highest BCUT2D eigenvalue weighted by atomic mass is 16.5. The zero-order valence-electron chi connectivity index (χ0n) is 11.7. The molecule has 1 aromatic heterocycles. The molecule has 1 heterocycles. The van der Waals surface area contributed by atoms with Crippen LogP contribution in [0.1, 0.15) is 30.1 Å². The highest BCUT2D eigenvalue weighted by Gasteiger charge is 2.31. The highest BCUT2D eigenvalue weighted by Crippen LogP contribution is 2.28. The first-order valence-corrected chi connectivity index (χ1v) is 7.11. The molecule has 1 aromatic carbocycles. The summed E-state index contributed by atoms with van der Waals surface area (Å²) in [5, 5.41) is 3.71. The Bertz CT molecular complexity index is 484. The summed E-state index contributed by atoms with van der Waals surface area (Å²) in [5.74, 6) is 0. The average molecular weight is 268 g/mol. The Labute approximate surface area is 120 Å². The van der Waals surface area contributed by atoms with E-state index in [1.54, 1.807) is 7.11 Å². The van der Waals surface area contributed by atoms with Crippen molar-refractivity contribution in [3.8, 4) is 0 Å². The minimum Gasteiger partial charge on any atom is -0.381 e. The van der Waals surface area contributed by atoms with Crippen LogP contribution in [0, 0.1) is 0 Å². The van der Waals surface area contributed by atoms with Crippen LogP contribution in [0.2, 0.25) is 0 Å². The average Bonchev–Trinajstić information content (AvgIpc) is 2.48. The van der Waals surface area contributed by atoms with Crippen LogP contribution >= 0.6 is 0 Å². The molecule has 20 heavy (non-hydrogen) atoms. The van der Waals surface area contributed by atoms with Crippen molar-refractivity contribution in [3.05, 3.63) is 66.0 Å². The number of benzene rings is 1. The molecule has 1 saturated carbocycles. The van der Waals surface area contributed by atoms with Gasteiger partial charge in [0.25, 0.3) is 0 Å². The minimum atomic E-state index is 0.153. The van der Waals surface area contributed by atoms with Crippen LogP contribution in [0.3, 0.4) is 0 Å². The maximum Gasteiger partial charge on any atom is 0.0753 e. The van der Waals surface area contributed by atoms with Gasteiger partial charge >= 0.3 is 0 Å². The molecule has 0 amide bonds. The van der Waals surface area contributed by atoms with E-state index in [1.807, 2.05) is 24.4 Å². The molecule has 0 saturated heterocycles. The molecule has 1 aliphatic rings. The molecule has 3 rings (SSSR count). The van der Waals surface area contributed by atoms with Crippen LogP contribution in [0.25, 0.3) is 0 Å². The molecule has 1 N–H and O–H groups in total. The molecule has 2 aromatic rings. The third kappa shape index (κ3) is 2.89. The number of rotatable bonds is 5. The summed E-state index contributed by atoms with van der Waals surface area (Å²) in [4.78, 5) is 4.51. The predicted octanol–water partition coefficient (Wildman–Crippen LogP) is 2.94. The lowest BCUT2D eigenvalue weighted by Crippen LogP contribution is -2.46. The van der Waals surface area contributed by atoms with Gasteiger partial charge in [-0.05, 0) is 30.5 Å². The number of methoxy groups -OCH3 is 1. The van der Waals surface area contributed by atoms with Gasteiger partial charge in [0.15, 0.2) is 0 Å². The van der Waals surface area contributed by atoms with E-state index in [1.165, 1.54) is 5.56 Å². The monoisotopic (exact) mass is 268 g/mol. The first-order chi connectivity index (χ1) is 9.86. The number of ether oxygens (including phenoxy) is 1. The summed E-state index contributed by atoms with van der Waals surface area (Å²) < 4.78 is 5.35. The number of aromatic nitrogens is 1. The molecule has 3 nitrogen and oxygen atoms in total. The van der Waals surface area contributed by atoms with Crippen molar-refractivity contribution in [3.63, 3.8) is 0 Å². The Morgan fingerprint density at radius 2 is 1.85 bits per heavy atom. The highest BCUT2D eigenvalue weighted by molar-refractivity contribution is 5.28. The fourth-order valence-corrected chi connectivity index (χ4v) is 2.67. The minimum absolute atomic E-state index is 0.153.